The van der Waals surface area contributed by atoms with E-state index in [2.05, 4.69) is 15.1 Å². The lowest BCUT2D eigenvalue weighted by atomic mass is 9.82. The molecule has 0 amide bonds. The molecule has 2 bridgehead atoms. The molecule has 3 atom stereocenters. The standard InChI is InChI=1S/C22H21F6N5O/c23-21(24,25)12-34-20-3-1-2-19-30-18(31-33(19)20)9-16-13-4-5-14(16)11-32(10-13)15-6-7-29-17(8-15)22(26,27)28/h1-3,6-8,13-14,16H,4-5,9-12H2/t13-,14+,16?. The van der Waals surface area contributed by atoms with Gasteiger partial charge in [0, 0.05) is 37.5 Å². The number of halogens is 6. The number of rotatable bonds is 5. The molecule has 6 nitrogen and oxygen atoms in total. The van der Waals surface area contributed by atoms with Gasteiger partial charge in [-0.05, 0) is 48.8 Å². The lowest BCUT2D eigenvalue weighted by Crippen LogP contribution is -2.43. The molecule has 5 rings (SSSR count). The Morgan fingerprint density at radius 2 is 1.74 bits per heavy atom. The Bertz CT molecular complexity index is 1160. The van der Waals surface area contributed by atoms with Crippen molar-refractivity contribution >= 4 is 11.3 Å². The largest absolute Gasteiger partial charge is 0.468 e. The van der Waals surface area contributed by atoms with E-state index in [0.29, 0.717) is 36.7 Å². The van der Waals surface area contributed by atoms with Gasteiger partial charge in [-0.3, -0.25) is 4.98 Å². The summed E-state index contributed by atoms with van der Waals surface area (Å²) in [4.78, 5) is 9.89. The van der Waals surface area contributed by atoms with Gasteiger partial charge in [0.05, 0.1) is 0 Å². The number of piperidine rings is 1. The smallest absolute Gasteiger partial charge is 0.433 e. The third-order valence-corrected chi connectivity index (χ3v) is 6.60. The maximum Gasteiger partial charge on any atom is 0.433 e. The van der Waals surface area contributed by atoms with E-state index in [4.69, 9.17) is 4.74 Å². The molecule has 1 aliphatic heterocycles. The molecular weight excluding hydrogens is 464 g/mol. The van der Waals surface area contributed by atoms with E-state index in [1.165, 1.54) is 16.8 Å². The van der Waals surface area contributed by atoms with E-state index in [1.54, 1.807) is 18.2 Å². The molecule has 1 saturated carbocycles. The van der Waals surface area contributed by atoms with Crippen molar-refractivity contribution in [2.24, 2.45) is 17.8 Å². The maximum atomic E-state index is 13.1. The predicted octanol–water partition coefficient (Wildman–Crippen LogP) is 4.79. The third kappa shape index (κ3) is 4.62. The normalized spacial score (nSPS) is 23.0. The van der Waals surface area contributed by atoms with Gasteiger partial charge in [-0.15, -0.1) is 5.10 Å². The van der Waals surface area contributed by atoms with Crippen LogP contribution < -0.4 is 9.64 Å². The molecule has 34 heavy (non-hydrogen) atoms. The molecule has 3 aromatic heterocycles. The monoisotopic (exact) mass is 485 g/mol. The SMILES string of the molecule is FC(F)(F)COc1cccc2nc(CC3[C@@H]4CC[C@H]3CN(c3ccnc(C(F)(F)F)c3)C4)nn12. The van der Waals surface area contributed by atoms with Crippen molar-refractivity contribution < 1.29 is 31.1 Å². The van der Waals surface area contributed by atoms with Crippen molar-refractivity contribution in [3.8, 4) is 5.88 Å². The first-order valence-corrected chi connectivity index (χ1v) is 10.9. The molecule has 1 saturated heterocycles. The molecule has 1 aliphatic carbocycles. The molecule has 3 aromatic rings. The molecule has 12 heteroatoms. The highest BCUT2D eigenvalue weighted by Crippen LogP contribution is 2.45. The summed E-state index contributed by atoms with van der Waals surface area (Å²) in [5, 5.41) is 4.39. The molecule has 0 spiro atoms. The summed E-state index contributed by atoms with van der Waals surface area (Å²) >= 11 is 0. The first kappa shape index (κ1) is 22.7. The highest BCUT2D eigenvalue weighted by atomic mass is 19.4. The Kier molecular flexibility index (Phi) is 5.56. The van der Waals surface area contributed by atoms with E-state index in [-0.39, 0.29) is 23.6 Å². The molecule has 2 aliphatic rings. The zero-order valence-electron chi connectivity index (χ0n) is 17.9. The van der Waals surface area contributed by atoms with E-state index >= 15 is 0 Å². The number of hydrogen-bond acceptors (Lipinski definition) is 5. The molecule has 4 heterocycles. The Morgan fingerprint density at radius 3 is 2.41 bits per heavy atom. The van der Waals surface area contributed by atoms with Crippen molar-refractivity contribution in [3.63, 3.8) is 0 Å². The maximum absolute atomic E-state index is 13.1. The quantitative estimate of drug-likeness (QED) is 0.487. The Balaban J connectivity index is 1.31. The predicted molar refractivity (Wildman–Crippen MR) is 109 cm³/mol. The Labute approximate surface area is 190 Å². The summed E-state index contributed by atoms with van der Waals surface area (Å²) in [7, 11) is 0. The van der Waals surface area contributed by atoms with Crippen LogP contribution in [0.4, 0.5) is 32.0 Å². The van der Waals surface area contributed by atoms with Crippen LogP contribution in [0.2, 0.25) is 0 Å². The van der Waals surface area contributed by atoms with Crippen molar-refractivity contribution in [2.45, 2.75) is 31.6 Å². The topological polar surface area (TPSA) is 55.5 Å². The lowest BCUT2D eigenvalue weighted by Gasteiger charge is -2.39. The Morgan fingerprint density at radius 1 is 1.00 bits per heavy atom. The minimum atomic E-state index is -4.50. The second-order valence-electron chi connectivity index (χ2n) is 8.83. The first-order chi connectivity index (χ1) is 16.1. The average Bonchev–Trinajstić information content (AvgIpc) is 3.27. The molecule has 1 unspecified atom stereocenters. The summed E-state index contributed by atoms with van der Waals surface area (Å²) in [6.45, 7) is -0.180. The summed E-state index contributed by atoms with van der Waals surface area (Å²) in [5.74, 6) is 1.24. The van der Waals surface area contributed by atoms with E-state index in [9.17, 15) is 26.3 Å². The average molecular weight is 485 g/mol. The highest BCUT2D eigenvalue weighted by Gasteiger charge is 2.43. The van der Waals surface area contributed by atoms with Crippen LogP contribution in [0.1, 0.15) is 24.4 Å². The van der Waals surface area contributed by atoms with E-state index in [0.717, 1.165) is 18.9 Å². The van der Waals surface area contributed by atoms with Gasteiger partial charge in [0.15, 0.2) is 18.1 Å². The Hall–Kier alpha value is -3.05. The van der Waals surface area contributed by atoms with Crippen LogP contribution in [0.15, 0.2) is 36.5 Å². The van der Waals surface area contributed by atoms with Gasteiger partial charge in [-0.1, -0.05) is 6.07 Å². The number of alkyl halides is 6. The number of nitrogens with zero attached hydrogens (tertiary/aromatic N) is 5. The number of anilines is 1. The second-order valence-corrected chi connectivity index (χ2v) is 8.83. The zero-order valence-corrected chi connectivity index (χ0v) is 17.9. The highest BCUT2D eigenvalue weighted by molar-refractivity contribution is 5.48. The summed E-state index contributed by atoms with van der Waals surface area (Å²) < 4.78 is 83.0. The van der Waals surface area contributed by atoms with Crippen LogP contribution in [-0.4, -0.2) is 45.5 Å². The first-order valence-electron chi connectivity index (χ1n) is 10.9. The second kappa shape index (κ2) is 8.31. The lowest BCUT2D eigenvalue weighted by molar-refractivity contribution is -0.154. The van der Waals surface area contributed by atoms with Crippen LogP contribution in [0.5, 0.6) is 5.88 Å². The molecular formula is C22H21F6N5O. The molecule has 2 fully saturated rings. The van der Waals surface area contributed by atoms with Crippen LogP contribution in [0.3, 0.4) is 0 Å². The van der Waals surface area contributed by atoms with Crippen molar-refractivity contribution in [1.82, 2.24) is 19.6 Å². The minimum absolute atomic E-state index is 0.0375. The molecule has 0 N–H and O–H groups in total. The van der Waals surface area contributed by atoms with Gasteiger partial charge in [0.2, 0.25) is 5.88 Å². The van der Waals surface area contributed by atoms with Crippen LogP contribution >= 0.6 is 0 Å². The van der Waals surface area contributed by atoms with Crippen LogP contribution in [-0.2, 0) is 12.6 Å². The fourth-order valence-corrected chi connectivity index (χ4v) is 5.14. The molecule has 182 valence electrons. The minimum Gasteiger partial charge on any atom is -0.468 e. The van der Waals surface area contributed by atoms with Crippen LogP contribution in [0, 0.1) is 17.8 Å². The fourth-order valence-electron chi connectivity index (χ4n) is 5.14. The van der Waals surface area contributed by atoms with Crippen molar-refractivity contribution in [2.75, 3.05) is 24.6 Å². The van der Waals surface area contributed by atoms with Gasteiger partial charge in [-0.25, -0.2) is 4.98 Å². The fraction of sp³-hybridized carbons (Fsp3) is 0.500. The van der Waals surface area contributed by atoms with Gasteiger partial charge in [0.1, 0.15) is 5.69 Å². The molecule has 0 aromatic carbocycles. The van der Waals surface area contributed by atoms with Gasteiger partial charge in [-0.2, -0.15) is 30.9 Å². The van der Waals surface area contributed by atoms with Gasteiger partial charge < -0.3 is 9.64 Å². The van der Waals surface area contributed by atoms with E-state index in [1.807, 2.05) is 4.90 Å². The van der Waals surface area contributed by atoms with Gasteiger partial charge >= 0.3 is 12.4 Å². The number of aromatic nitrogens is 4. The van der Waals surface area contributed by atoms with Crippen molar-refractivity contribution in [1.29, 1.82) is 0 Å². The summed E-state index contributed by atoms with van der Waals surface area (Å²) in [6.07, 6.45) is -5.31. The number of hydrogen-bond donors (Lipinski definition) is 0. The number of pyridine rings is 2. The molecule has 0 radical (unpaired) electrons. The number of ether oxygens (including phenoxy) is 1. The zero-order chi connectivity index (χ0) is 24.1. The van der Waals surface area contributed by atoms with Crippen LogP contribution in [0.25, 0.3) is 5.65 Å². The number of fused-ring (bicyclic) bond motifs is 3. The van der Waals surface area contributed by atoms with Gasteiger partial charge in [0.25, 0.3) is 0 Å². The summed E-state index contributed by atoms with van der Waals surface area (Å²) in [5.41, 5.74) is 0.00262. The third-order valence-electron chi connectivity index (χ3n) is 6.60. The van der Waals surface area contributed by atoms with Crippen molar-refractivity contribution in [3.05, 3.63) is 48.0 Å². The summed E-state index contributed by atoms with van der Waals surface area (Å²) in [6, 6.07) is 7.30. The van der Waals surface area contributed by atoms with E-state index < -0.39 is 24.7 Å².